The van der Waals surface area contributed by atoms with Crippen LogP contribution in [0.2, 0.25) is 0 Å². The van der Waals surface area contributed by atoms with Gasteiger partial charge in [-0.25, -0.2) is 4.79 Å². The molecule has 0 rings (SSSR count). The van der Waals surface area contributed by atoms with Crippen molar-refractivity contribution in [1.29, 1.82) is 0 Å². The molecule has 0 saturated heterocycles. The zero-order valence-corrected chi connectivity index (χ0v) is 8.97. The van der Waals surface area contributed by atoms with Gasteiger partial charge in [-0.15, -0.1) is 0 Å². The Balaban J connectivity index is 3.92. The molecule has 3 heteroatoms. The summed E-state index contributed by atoms with van der Waals surface area (Å²) in [4.78, 5) is 12.9. The molecule has 0 saturated carbocycles. The normalized spacial score (nSPS) is 10.6. The summed E-state index contributed by atoms with van der Waals surface area (Å²) >= 11 is 0. The predicted octanol–water partition coefficient (Wildman–Crippen LogP) is 0.893. The van der Waals surface area contributed by atoms with E-state index in [1.807, 2.05) is 39.8 Å². The molecule has 0 atom stereocenters. The van der Waals surface area contributed by atoms with Crippen LogP contribution in [0.4, 0.5) is 0 Å². The lowest BCUT2D eigenvalue weighted by Crippen LogP contribution is -2.23. The molecule has 0 aromatic rings. The van der Waals surface area contributed by atoms with Gasteiger partial charge >= 0.3 is 5.97 Å². The van der Waals surface area contributed by atoms with Crippen LogP contribution in [0.5, 0.6) is 0 Å². The summed E-state index contributed by atoms with van der Waals surface area (Å²) in [5, 5.41) is 0. The van der Waals surface area contributed by atoms with E-state index in [0.717, 1.165) is 0 Å². The summed E-state index contributed by atoms with van der Waals surface area (Å²) in [7, 11) is 3.79. The average Bonchev–Trinajstić information content (AvgIpc) is 1.81. The van der Waals surface area contributed by atoms with E-state index in [0.29, 0.717) is 6.54 Å². The van der Waals surface area contributed by atoms with Crippen LogP contribution in [-0.2, 0) is 9.53 Å². The van der Waals surface area contributed by atoms with E-state index >= 15 is 0 Å². The third-order valence-corrected chi connectivity index (χ3v) is 0.985. The molecule has 0 N–H and O–H groups in total. The highest BCUT2D eigenvalue weighted by molar-refractivity contribution is 5.88. The highest BCUT2D eigenvalue weighted by Gasteiger charge is 2.13. The van der Waals surface area contributed by atoms with E-state index in [9.17, 15) is 4.79 Å². The molecule has 3 nitrogen and oxygen atoms in total. The van der Waals surface area contributed by atoms with Crippen LogP contribution < -0.4 is 0 Å². The van der Waals surface area contributed by atoms with Crippen molar-refractivity contribution in [1.82, 2.24) is 4.90 Å². The Morgan fingerprint density at radius 3 is 2.31 bits per heavy atom. The van der Waals surface area contributed by atoms with E-state index in [-0.39, 0.29) is 0 Å². The number of rotatable bonds is 1. The van der Waals surface area contributed by atoms with Crippen LogP contribution in [0, 0.1) is 11.8 Å². The molecule has 13 heavy (non-hydrogen) atoms. The molecule has 0 aliphatic rings. The van der Waals surface area contributed by atoms with Gasteiger partial charge in [0.05, 0.1) is 6.54 Å². The fourth-order valence-electron chi connectivity index (χ4n) is 0.573. The molecule has 0 spiro atoms. The Hall–Kier alpha value is -1.01. The highest BCUT2D eigenvalue weighted by Crippen LogP contribution is 2.05. The van der Waals surface area contributed by atoms with Crippen LogP contribution in [0.15, 0.2) is 0 Å². The monoisotopic (exact) mass is 183 g/mol. The van der Waals surface area contributed by atoms with Gasteiger partial charge in [-0.1, -0.05) is 5.92 Å². The van der Waals surface area contributed by atoms with Crippen LogP contribution in [0.1, 0.15) is 20.8 Å². The molecule has 0 aliphatic carbocycles. The Kier molecular flexibility index (Phi) is 4.50. The van der Waals surface area contributed by atoms with Gasteiger partial charge < -0.3 is 4.74 Å². The lowest BCUT2D eigenvalue weighted by Gasteiger charge is -2.16. The van der Waals surface area contributed by atoms with Crippen LogP contribution >= 0.6 is 0 Å². The standard InChI is InChI=1S/C10H17NO2/c1-10(2,3)13-9(12)7-6-8-11(4)5/h8H2,1-5H3. The first-order chi connectivity index (χ1) is 5.81. The SMILES string of the molecule is CN(C)CC#CC(=O)OC(C)(C)C. The van der Waals surface area contributed by atoms with Gasteiger partial charge in [0.2, 0.25) is 0 Å². The second-order valence-electron chi connectivity index (χ2n) is 4.04. The van der Waals surface area contributed by atoms with Gasteiger partial charge in [0, 0.05) is 5.92 Å². The summed E-state index contributed by atoms with van der Waals surface area (Å²) in [6.07, 6.45) is 0. The number of esters is 1. The van der Waals surface area contributed by atoms with Crippen molar-refractivity contribution < 1.29 is 9.53 Å². The first kappa shape index (κ1) is 12.0. The lowest BCUT2D eigenvalue weighted by atomic mass is 10.2. The van der Waals surface area contributed by atoms with E-state index in [1.54, 1.807) is 0 Å². The fourth-order valence-corrected chi connectivity index (χ4v) is 0.573. The lowest BCUT2D eigenvalue weighted by molar-refractivity contribution is -0.147. The van der Waals surface area contributed by atoms with E-state index in [2.05, 4.69) is 11.8 Å². The summed E-state index contributed by atoms with van der Waals surface area (Å²) < 4.78 is 4.99. The first-order valence-electron chi connectivity index (χ1n) is 4.18. The van der Waals surface area contributed by atoms with Gasteiger partial charge in [0.15, 0.2) is 0 Å². The molecular weight excluding hydrogens is 166 g/mol. The van der Waals surface area contributed by atoms with Gasteiger partial charge in [0.25, 0.3) is 0 Å². The van der Waals surface area contributed by atoms with Crippen molar-refractivity contribution >= 4 is 5.97 Å². The maximum atomic E-state index is 11.0. The van der Waals surface area contributed by atoms with Crippen molar-refractivity contribution in [3.8, 4) is 11.8 Å². The Morgan fingerprint density at radius 2 is 1.92 bits per heavy atom. The number of carbonyl (C=O) groups is 1. The van der Waals surface area contributed by atoms with E-state index < -0.39 is 11.6 Å². The summed E-state index contributed by atoms with van der Waals surface area (Å²) in [6, 6.07) is 0. The molecule has 0 bridgehead atoms. The maximum Gasteiger partial charge on any atom is 0.384 e. The minimum Gasteiger partial charge on any atom is -0.450 e. The van der Waals surface area contributed by atoms with Crippen molar-refractivity contribution in [3.05, 3.63) is 0 Å². The second kappa shape index (κ2) is 4.88. The fraction of sp³-hybridized carbons (Fsp3) is 0.700. The number of nitrogens with zero attached hydrogens (tertiary/aromatic N) is 1. The molecule has 0 aromatic heterocycles. The summed E-state index contributed by atoms with van der Waals surface area (Å²) in [5.41, 5.74) is -0.454. The van der Waals surface area contributed by atoms with Crippen LogP contribution in [0.25, 0.3) is 0 Å². The van der Waals surface area contributed by atoms with Crippen LogP contribution in [-0.4, -0.2) is 37.1 Å². The zero-order valence-electron chi connectivity index (χ0n) is 8.97. The Morgan fingerprint density at radius 1 is 1.38 bits per heavy atom. The minimum absolute atomic E-state index is 0.454. The Bertz CT molecular complexity index is 228. The third kappa shape index (κ3) is 8.90. The summed E-state index contributed by atoms with van der Waals surface area (Å²) in [5.74, 6) is 4.66. The van der Waals surface area contributed by atoms with Gasteiger partial charge in [-0.2, -0.15) is 0 Å². The smallest absolute Gasteiger partial charge is 0.384 e. The zero-order chi connectivity index (χ0) is 10.5. The topological polar surface area (TPSA) is 29.5 Å². The molecule has 0 aliphatic heterocycles. The number of hydrogen-bond acceptors (Lipinski definition) is 3. The third-order valence-electron chi connectivity index (χ3n) is 0.985. The Labute approximate surface area is 80.1 Å². The van der Waals surface area contributed by atoms with Gasteiger partial charge in [-0.05, 0) is 34.9 Å². The van der Waals surface area contributed by atoms with Crippen LogP contribution in [0.3, 0.4) is 0 Å². The second-order valence-corrected chi connectivity index (χ2v) is 4.04. The molecule has 0 radical (unpaired) electrons. The molecule has 0 fully saturated rings. The van der Waals surface area contributed by atoms with Gasteiger partial charge in [0.1, 0.15) is 5.60 Å². The number of hydrogen-bond donors (Lipinski definition) is 0. The maximum absolute atomic E-state index is 11.0. The van der Waals surface area contributed by atoms with Gasteiger partial charge in [-0.3, -0.25) is 4.90 Å². The average molecular weight is 183 g/mol. The highest BCUT2D eigenvalue weighted by atomic mass is 16.6. The summed E-state index contributed by atoms with van der Waals surface area (Å²) in [6.45, 7) is 6.02. The van der Waals surface area contributed by atoms with Crippen molar-refractivity contribution in [3.63, 3.8) is 0 Å². The largest absolute Gasteiger partial charge is 0.450 e. The molecule has 0 amide bonds. The first-order valence-corrected chi connectivity index (χ1v) is 4.18. The van der Waals surface area contributed by atoms with E-state index in [1.165, 1.54) is 0 Å². The number of carbonyl (C=O) groups excluding carboxylic acids is 1. The number of ether oxygens (including phenoxy) is 1. The molecule has 74 valence electrons. The minimum atomic E-state index is -0.464. The quantitative estimate of drug-likeness (QED) is 0.343. The molecule has 0 unspecified atom stereocenters. The molecule has 0 heterocycles. The molecular formula is C10H17NO2. The van der Waals surface area contributed by atoms with Crippen molar-refractivity contribution in [2.75, 3.05) is 20.6 Å². The predicted molar refractivity (Wildman–Crippen MR) is 52.2 cm³/mol. The molecule has 0 aromatic carbocycles. The van der Waals surface area contributed by atoms with Crippen molar-refractivity contribution in [2.45, 2.75) is 26.4 Å². The van der Waals surface area contributed by atoms with Crippen molar-refractivity contribution in [2.24, 2.45) is 0 Å². The van der Waals surface area contributed by atoms with E-state index in [4.69, 9.17) is 4.74 Å².